The molecule has 5 heteroatoms. The van der Waals surface area contributed by atoms with E-state index in [-0.39, 0.29) is 11.8 Å². The number of benzene rings is 2. The number of likely N-dealkylation sites (tertiary alicyclic amines) is 1. The van der Waals surface area contributed by atoms with E-state index in [0.717, 1.165) is 61.1 Å². The monoisotopic (exact) mass is 416 g/mol. The number of carbonyl (C=O) groups excluding carboxylic acids is 1. The standard InChI is InChI=1S/C23H29ClN2OS/c1-18-6-4-7-19(14-18)17-28-13-11-25-23(27)21-9-5-12-26(16-21)15-20-8-2-3-10-22(20)24/h2-4,6-8,10,14,21H,5,9,11-13,15-17H2,1H3,(H,25,27). The minimum atomic E-state index is 0.0815. The Balaban J connectivity index is 1.37. The molecule has 1 saturated heterocycles. The topological polar surface area (TPSA) is 32.3 Å². The van der Waals surface area contributed by atoms with Crippen molar-refractivity contribution < 1.29 is 4.79 Å². The van der Waals surface area contributed by atoms with E-state index in [1.807, 2.05) is 30.0 Å². The number of piperidine rings is 1. The van der Waals surface area contributed by atoms with Crippen LogP contribution in [0.1, 0.15) is 29.5 Å². The van der Waals surface area contributed by atoms with Gasteiger partial charge in [0.15, 0.2) is 0 Å². The molecule has 1 fully saturated rings. The lowest BCUT2D eigenvalue weighted by Crippen LogP contribution is -2.43. The van der Waals surface area contributed by atoms with Crippen molar-refractivity contribution in [2.24, 2.45) is 5.92 Å². The Bertz CT molecular complexity index is 783. The first-order chi connectivity index (χ1) is 13.6. The fourth-order valence-corrected chi connectivity index (χ4v) is 4.66. The second kappa shape index (κ2) is 10.9. The SMILES string of the molecule is Cc1cccc(CSCCNC(=O)C2CCCN(Cc3ccccc3Cl)C2)c1. The van der Waals surface area contributed by atoms with Gasteiger partial charge in [-0.25, -0.2) is 0 Å². The zero-order valence-corrected chi connectivity index (χ0v) is 18.1. The molecule has 0 spiro atoms. The quantitative estimate of drug-likeness (QED) is 0.620. The van der Waals surface area contributed by atoms with E-state index in [4.69, 9.17) is 11.6 Å². The van der Waals surface area contributed by atoms with E-state index in [2.05, 4.69) is 47.5 Å². The van der Waals surface area contributed by atoms with Gasteiger partial charge in [0.1, 0.15) is 0 Å². The van der Waals surface area contributed by atoms with E-state index in [1.54, 1.807) is 0 Å². The van der Waals surface area contributed by atoms with Crippen LogP contribution in [0.25, 0.3) is 0 Å². The fraction of sp³-hybridized carbons (Fsp3) is 0.435. The highest BCUT2D eigenvalue weighted by Crippen LogP contribution is 2.22. The van der Waals surface area contributed by atoms with Gasteiger partial charge in [0.05, 0.1) is 5.92 Å². The van der Waals surface area contributed by atoms with Crippen LogP contribution in [-0.2, 0) is 17.1 Å². The van der Waals surface area contributed by atoms with Crippen molar-refractivity contribution in [2.75, 3.05) is 25.4 Å². The maximum absolute atomic E-state index is 12.6. The molecular formula is C23H29ClN2OS. The molecule has 0 aliphatic carbocycles. The van der Waals surface area contributed by atoms with Crippen molar-refractivity contribution in [2.45, 2.75) is 32.1 Å². The second-order valence-electron chi connectivity index (χ2n) is 7.50. The van der Waals surface area contributed by atoms with Gasteiger partial charge < -0.3 is 5.32 Å². The van der Waals surface area contributed by atoms with Gasteiger partial charge in [0, 0.05) is 36.2 Å². The molecule has 0 radical (unpaired) electrons. The summed E-state index contributed by atoms with van der Waals surface area (Å²) in [4.78, 5) is 14.9. The highest BCUT2D eigenvalue weighted by molar-refractivity contribution is 7.98. The van der Waals surface area contributed by atoms with Crippen molar-refractivity contribution >= 4 is 29.3 Å². The lowest BCUT2D eigenvalue weighted by molar-refractivity contribution is -0.126. The van der Waals surface area contributed by atoms with Gasteiger partial charge in [0.25, 0.3) is 0 Å². The van der Waals surface area contributed by atoms with Crippen LogP contribution in [0.15, 0.2) is 48.5 Å². The maximum Gasteiger partial charge on any atom is 0.224 e. The van der Waals surface area contributed by atoms with Crippen LogP contribution in [0.4, 0.5) is 0 Å². The molecule has 1 aliphatic rings. The number of aryl methyl sites for hydroxylation is 1. The van der Waals surface area contributed by atoms with E-state index in [1.165, 1.54) is 11.1 Å². The molecule has 1 amide bonds. The third-order valence-corrected chi connectivity index (χ3v) is 6.52. The first kappa shape index (κ1) is 21.2. The highest BCUT2D eigenvalue weighted by Gasteiger charge is 2.25. The second-order valence-corrected chi connectivity index (χ2v) is 9.01. The van der Waals surface area contributed by atoms with Crippen molar-refractivity contribution in [3.63, 3.8) is 0 Å². The van der Waals surface area contributed by atoms with Crippen LogP contribution < -0.4 is 5.32 Å². The smallest absolute Gasteiger partial charge is 0.224 e. The summed E-state index contributed by atoms with van der Waals surface area (Å²) in [5.41, 5.74) is 3.78. The van der Waals surface area contributed by atoms with Gasteiger partial charge in [-0.3, -0.25) is 9.69 Å². The van der Waals surface area contributed by atoms with E-state index >= 15 is 0 Å². The first-order valence-corrected chi connectivity index (χ1v) is 11.5. The number of hydrogen-bond donors (Lipinski definition) is 1. The third kappa shape index (κ3) is 6.54. The van der Waals surface area contributed by atoms with Crippen LogP contribution in [0.2, 0.25) is 5.02 Å². The van der Waals surface area contributed by atoms with Gasteiger partial charge >= 0.3 is 0 Å². The Morgan fingerprint density at radius 1 is 1.25 bits per heavy atom. The van der Waals surface area contributed by atoms with Crippen LogP contribution in [0.3, 0.4) is 0 Å². The summed E-state index contributed by atoms with van der Waals surface area (Å²) in [5, 5.41) is 3.94. The van der Waals surface area contributed by atoms with Crippen LogP contribution >= 0.6 is 23.4 Å². The molecule has 1 aliphatic heterocycles. The summed E-state index contributed by atoms with van der Waals surface area (Å²) in [6.07, 6.45) is 2.03. The zero-order valence-electron chi connectivity index (χ0n) is 16.5. The number of amides is 1. The molecule has 3 nitrogen and oxygen atoms in total. The molecule has 1 heterocycles. The van der Waals surface area contributed by atoms with Crippen LogP contribution in [-0.4, -0.2) is 36.2 Å². The largest absolute Gasteiger partial charge is 0.355 e. The zero-order chi connectivity index (χ0) is 19.8. The van der Waals surface area contributed by atoms with Gasteiger partial charge in [-0.2, -0.15) is 11.8 Å². The van der Waals surface area contributed by atoms with Crippen LogP contribution in [0, 0.1) is 12.8 Å². The number of halogens is 1. The Morgan fingerprint density at radius 3 is 2.93 bits per heavy atom. The molecule has 2 aromatic carbocycles. The van der Waals surface area contributed by atoms with Gasteiger partial charge in [-0.1, -0.05) is 59.6 Å². The number of thioether (sulfide) groups is 1. The van der Waals surface area contributed by atoms with Crippen LogP contribution in [0.5, 0.6) is 0 Å². The Morgan fingerprint density at radius 2 is 2.11 bits per heavy atom. The summed E-state index contributed by atoms with van der Waals surface area (Å²) in [6, 6.07) is 16.6. The summed E-state index contributed by atoms with van der Waals surface area (Å²) in [6.45, 7) is 5.51. The average Bonchev–Trinajstić information content (AvgIpc) is 2.70. The first-order valence-electron chi connectivity index (χ1n) is 9.98. The van der Waals surface area contributed by atoms with E-state index < -0.39 is 0 Å². The maximum atomic E-state index is 12.6. The van der Waals surface area contributed by atoms with Gasteiger partial charge in [-0.15, -0.1) is 0 Å². The molecule has 0 saturated carbocycles. The number of nitrogens with zero attached hydrogens (tertiary/aromatic N) is 1. The Kier molecular flexibility index (Phi) is 8.26. The molecule has 1 N–H and O–H groups in total. The predicted molar refractivity (Wildman–Crippen MR) is 120 cm³/mol. The summed E-state index contributed by atoms with van der Waals surface area (Å²) in [5.74, 6) is 2.21. The molecule has 3 rings (SSSR count). The normalized spacial score (nSPS) is 17.4. The molecule has 2 aromatic rings. The molecular weight excluding hydrogens is 388 g/mol. The molecule has 0 bridgehead atoms. The van der Waals surface area contributed by atoms with Crippen molar-refractivity contribution in [3.05, 3.63) is 70.2 Å². The molecule has 28 heavy (non-hydrogen) atoms. The van der Waals surface area contributed by atoms with E-state index in [9.17, 15) is 4.79 Å². The number of nitrogens with one attached hydrogen (secondary N) is 1. The number of carbonyl (C=O) groups is 1. The third-order valence-electron chi connectivity index (χ3n) is 5.12. The fourth-order valence-electron chi connectivity index (χ4n) is 3.66. The minimum Gasteiger partial charge on any atom is -0.355 e. The number of rotatable bonds is 8. The molecule has 0 aromatic heterocycles. The lowest BCUT2D eigenvalue weighted by atomic mass is 9.96. The van der Waals surface area contributed by atoms with Gasteiger partial charge in [-0.05, 0) is 43.5 Å². The number of hydrogen-bond acceptors (Lipinski definition) is 3. The van der Waals surface area contributed by atoms with Crippen molar-refractivity contribution in [1.82, 2.24) is 10.2 Å². The lowest BCUT2D eigenvalue weighted by Gasteiger charge is -2.32. The Labute approximate surface area is 177 Å². The summed E-state index contributed by atoms with van der Waals surface area (Å²) >= 11 is 8.15. The average molecular weight is 417 g/mol. The van der Waals surface area contributed by atoms with Crippen molar-refractivity contribution in [1.29, 1.82) is 0 Å². The van der Waals surface area contributed by atoms with Gasteiger partial charge in [0.2, 0.25) is 5.91 Å². The summed E-state index contributed by atoms with van der Waals surface area (Å²) in [7, 11) is 0. The minimum absolute atomic E-state index is 0.0815. The highest BCUT2D eigenvalue weighted by atomic mass is 35.5. The molecule has 1 unspecified atom stereocenters. The van der Waals surface area contributed by atoms with Crippen molar-refractivity contribution in [3.8, 4) is 0 Å². The summed E-state index contributed by atoms with van der Waals surface area (Å²) < 4.78 is 0. The molecule has 150 valence electrons. The predicted octanol–water partition coefficient (Wildman–Crippen LogP) is 4.91. The molecule has 1 atom stereocenters. The Hall–Kier alpha value is -1.49. The van der Waals surface area contributed by atoms with E-state index in [0.29, 0.717) is 0 Å².